The Labute approximate surface area is 67.3 Å². The normalized spacial score (nSPS) is 26.8. The van der Waals surface area contributed by atoms with Crippen molar-refractivity contribution < 1.29 is 21.6 Å². The van der Waals surface area contributed by atoms with Crippen molar-refractivity contribution in [1.29, 1.82) is 0 Å². The van der Waals surface area contributed by atoms with Gasteiger partial charge in [-0.25, -0.2) is 5.14 Å². The van der Waals surface area contributed by atoms with Gasteiger partial charge in [0, 0.05) is 6.54 Å². The number of halogens is 3. The minimum absolute atomic E-state index is 0.150. The van der Waals surface area contributed by atoms with Crippen LogP contribution in [0.25, 0.3) is 0 Å². The zero-order chi connectivity index (χ0) is 9.57. The summed E-state index contributed by atoms with van der Waals surface area (Å²) in [4.78, 5) is 0. The van der Waals surface area contributed by atoms with Gasteiger partial charge < -0.3 is 0 Å². The SMILES string of the molecule is NS(=O)(=O)N1CCC1C(F)(F)F. The van der Waals surface area contributed by atoms with Crippen LogP contribution in [0, 0.1) is 0 Å². The number of nitrogens with two attached hydrogens (primary N) is 1. The molecule has 1 heterocycles. The average Bonchev–Trinajstić information content (AvgIpc) is 1.46. The van der Waals surface area contributed by atoms with Crippen molar-refractivity contribution in [2.75, 3.05) is 6.54 Å². The number of hydrogen-bond acceptors (Lipinski definition) is 2. The highest BCUT2D eigenvalue weighted by atomic mass is 32.2. The zero-order valence-corrected chi connectivity index (χ0v) is 6.69. The highest BCUT2D eigenvalue weighted by Crippen LogP contribution is 2.34. The van der Waals surface area contributed by atoms with Gasteiger partial charge >= 0.3 is 6.18 Å². The summed E-state index contributed by atoms with van der Waals surface area (Å²) in [5, 5.41) is 4.53. The second kappa shape index (κ2) is 2.57. The minimum Gasteiger partial charge on any atom is -0.216 e. The lowest BCUT2D eigenvalue weighted by molar-refractivity contribution is -0.192. The minimum atomic E-state index is -4.51. The Morgan fingerprint density at radius 1 is 1.42 bits per heavy atom. The third-order valence-electron chi connectivity index (χ3n) is 1.68. The van der Waals surface area contributed by atoms with Gasteiger partial charge in [-0.2, -0.15) is 25.9 Å². The van der Waals surface area contributed by atoms with Gasteiger partial charge in [-0.3, -0.25) is 0 Å². The molecule has 0 bridgehead atoms. The maximum absolute atomic E-state index is 11.9. The highest BCUT2D eigenvalue weighted by molar-refractivity contribution is 7.86. The quantitative estimate of drug-likeness (QED) is 0.644. The highest BCUT2D eigenvalue weighted by Gasteiger charge is 2.52. The zero-order valence-electron chi connectivity index (χ0n) is 5.87. The van der Waals surface area contributed by atoms with E-state index in [2.05, 4.69) is 5.14 Å². The van der Waals surface area contributed by atoms with E-state index < -0.39 is 22.4 Å². The van der Waals surface area contributed by atoms with Crippen molar-refractivity contribution in [3.63, 3.8) is 0 Å². The van der Waals surface area contributed by atoms with Crippen molar-refractivity contribution in [2.24, 2.45) is 5.14 Å². The summed E-state index contributed by atoms with van der Waals surface area (Å²) in [7, 11) is -4.19. The van der Waals surface area contributed by atoms with Crippen LogP contribution in [-0.4, -0.2) is 31.5 Å². The fourth-order valence-electron chi connectivity index (χ4n) is 0.995. The maximum atomic E-state index is 11.9. The second-order valence-corrected chi connectivity index (χ2v) is 4.00. The molecule has 4 nitrogen and oxygen atoms in total. The molecule has 0 aromatic heterocycles. The molecule has 0 aromatic carbocycles. The fraction of sp³-hybridized carbons (Fsp3) is 1.00. The maximum Gasteiger partial charge on any atom is 0.405 e. The van der Waals surface area contributed by atoms with Crippen molar-refractivity contribution >= 4 is 10.2 Å². The van der Waals surface area contributed by atoms with Crippen LogP contribution in [0.4, 0.5) is 13.2 Å². The molecule has 2 N–H and O–H groups in total. The molecular weight excluding hydrogens is 197 g/mol. The standard InChI is InChI=1S/C4H7F3N2O2S/c5-4(6,7)3-1-2-9(3)12(8,10)11/h3H,1-2H2,(H2,8,10,11). The Morgan fingerprint density at radius 2 is 1.92 bits per heavy atom. The molecule has 0 saturated carbocycles. The first-order valence-electron chi connectivity index (χ1n) is 3.09. The van der Waals surface area contributed by atoms with E-state index in [1.807, 2.05) is 0 Å². The molecule has 1 unspecified atom stereocenters. The molecule has 1 aliphatic heterocycles. The summed E-state index contributed by atoms with van der Waals surface area (Å²) in [6.45, 7) is -0.150. The summed E-state index contributed by atoms with van der Waals surface area (Å²) >= 11 is 0. The Kier molecular flexibility index (Phi) is 2.09. The van der Waals surface area contributed by atoms with E-state index >= 15 is 0 Å². The molecule has 0 aliphatic carbocycles. The van der Waals surface area contributed by atoms with Crippen LogP contribution in [0.5, 0.6) is 0 Å². The molecule has 0 spiro atoms. The molecule has 1 atom stereocenters. The predicted molar refractivity (Wildman–Crippen MR) is 34.3 cm³/mol. The lowest BCUT2D eigenvalue weighted by atomic mass is 10.1. The third kappa shape index (κ3) is 1.70. The predicted octanol–water partition coefficient (Wildman–Crippen LogP) is -0.173. The number of rotatable bonds is 1. The van der Waals surface area contributed by atoms with Crippen LogP contribution in [0.2, 0.25) is 0 Å². The van der Waals surface area contributed by atoms with E-state index in [1.54, 1.807) is 0 Å². The molecule has 1 fully saturated rings. The molecule has 0 radical (unpaired) electrons. The summed E-state index contributed by atoms with van der Waals surface area (Å²) in [6.07, 6.45) is -4.72. The van der Waals surface area contributed by atoms with Gasteiger partial charge in [-0.05, 0) is 6.42 Å². The van der Waals surface area contributed by atoms with E-state index in [0.29, 0.717) is 0 Å². The van der Waals surface area contributed by atoms with E-state index in [4.69, 9.17) is 0 Å². The number of hydrogen-bond donors (Lipinski definition) is 1. The Balaban J connectivity index is 2.75. The first kappa shape index (κ1) is 9.75. The van der Waals surface area contributed by atoms with Gasteiger partial charge in [0.2, 0.25) is 0 Å². The van der Waals surface area contributed by atoms with Crippen LogP contribution in [0.15, 0.2) is 0 Å². The lowest BCUT2D eigenvalue weighted by Gasteiger charge is -2.38. The number of nitrogens with zero attached hydrogens (tertiary/aromatic N) is 1. The van der Waals surface area contributed by atoms with Gasteiger partial charge in [0.25, 0.3) is 10.2 Å². The van der Waals surface area contributed by atoms with Crippen LogP contribution in [-0.2, 0) is 10.2 Å². The van der Waals surface area contributed by atoms with Gasteiger partial charge in [-0.15, -0.1) is 0 Å². The molecule has 1 rings (SSSR count). The van der Waals surface area contributed by atoms with Gasteiger partial charge in [0.1, 0.15) is 6.04 Å². The first-order chi connectivity index (χ1) is 5.23. The van der Waals surface area contributed by atoms with Crippen LogP contribution >= 0.6 is 0 Å². The Morgan fingerprint density at radius 3 is 2.00 bits per heavy atom. The lowest BCUT2D eigenvalue weighted by Crippen LogP contribution is -2.59. The van der Waals surface area contributed by atoms with Gasteiger partial charge in [0.05, 0.1) is 0 Å². The van der Waals surface area contributed by atoms with E-state index in [0.717, 1.165) is 0 Å². The molecule has 0 aromatic rings. The summed E-state index contributed by atoms with van der Waals surface area (Å²) in [5.41, 5.74) is 0. The fourth-order valence-corrected chi connectivity index (χ4v) is 1.93. The second-order valence-electron chi connectivity index (χ2n) is 2.50. The third-order valence-corrected chi connectivity index (χ3v) is 2.77. The Bertz CT molecular complexity index is 273. The molecular formula is C4H7F3N2O2S. The molecule has 8 heteroatoms. The van der Waals surface area contributed by atoms with Crippen molar-refractivity contribution in [3.8, 4) is 0 Å². The van der Waals surface area contributed by atoms with Crippen LogP contribution < -0.4 is 5.14 Å². The molecule has 12 heavy (non-hydrogen) atoms. The van der Waals surface area contributed by atoms with Gasteiger partial charge in [-0.1, -0.05) is 0 Å². The first-order valence-corrected chi connectivity index (χ1v) is 4.59. The van der Waals surface area contributed by atoms with E-state index in [9.17, 15) is 21.6 Å². The van der Waals surface area contributed by atoms with Gasteiger partial charge in [0.15, 0.2) is 0 Å². The van der Waals surface area contributed by atoms with Crippen molar-refractivity contribution in [3.05, 3.63) is 0 Å². The average molecular weight is 204 g/mol. The van der Waals surface area contributed by atoms with E-state index in [-0.39, 0.29) is 17.3 Å². The monoisotopic (exact) mass is 204 g/mol. The van der Waals surface area contributed by atoms with Crippen LogP contribution in [0.3, 0.4) is 0 Å². The van der Waals surface area contributed by atoms with Crippen molar-refractivity contribution in [1.82, 2.24) is 4.31 Å². The summed E-state index contributed by atoms with van der Waals surface area (Å²) in [6, 6.07) is -1.92. The topological polar surface area (TPSA) is 63.4 Å². The largest absolute Gasteiger partial charge is 0.405 e. The molecule has 72 valence electrons. The Hall–Kier alpha value is -0.340. The summed E-state index contributed by atoms with van der Waals surface area (Å²) in [5.74, 6) is 0. The number of alkyl halides is 3. The van der Waals surface area contributed by atoms with Crippen molar-refractivity contribution in [2.45, 2.75) is 18.6 Å². The van der Waals surface area contributed by atoms with Crippen LogP contribution in [0.1, 0.15) is 6.42 Å². The molecule has 1 aliphatic rings. The van der Waals surface area contributed by atoms with E-state index in [1.165, 1.54) is 0 Å². The molecule has 0 amide bonds. The summed E-state index contributed by atoms with van der Waals surface area (Å²) < 4.78 is 57.0. The smallest absolute Gasteiger partial charge is 0.216 e. The molecule has 1 saturated heterocycles.